The van der Waals surface area contributed by atoms with E-state index in [1.165, 1.54) is 6.07 Å². The quantitative estimate of drug-likeness (QED) is 0.714. The van der Waals surface area contributed by atoms with Gasteiger partial charge in [-0.05, 0) is 5.92 Å². The third-order valence-corrected chi connectivity index (χ3v) is 1.55. The minimum Gasteiger partial charge on any atom is -0.310 e. The predicted octanol–water partition coefficient (Wildman–Crippen LogP) is 1.62. The van der Waals surface area contributed by atoms with Crippen LogP contribution in [-0.2, 0) is 6.42 Å². The zero-order valence-electron chi connectivity index (χ0n) is 7.10. The number of nitrogens with zero attached hydrogens (tertiary/aromatic N) is 1. The molecule has 0 aliphatic rings. The lowest BCUT2D eigenvalue weighted by molar-refractivity contribution is 0.619. The van der Waals surface area contributed by atoms with Crippen LogP contribution in [0.4, 0.5) is 0 Å². The SMILES string of the molecule is CC(C)Cc1nc(Cl)cc(=O)[nH]1. The number of H-pyrrole nitrogens is 1. The fourth-order valence-electron chi connectivity index (χ4n) is 0.959. The second kappa shape index (κ2) is 3.72. The summed E-state index contributed by atoms with van der Waals surface area (Å²) in [5.74, 6) is 1.12. The first-order valence-corrected chi connectivity index (χ1v) is 4.21. The summed E-state index contributed by atoms with van der Waals surface area (Å²) in [4.78, 5) is 17.5. The van der Waals surface area contributed by atoms with Crippen LogP contribution >= 0.6 is 11.6 Å². The lowest BCUT2D eigenvalue weighted by Crippen LogP contribution is -2.11. The fourth-order valence-corrected chi connectivity index (χ4v) is 1.16. The van der Waals surface area contributed by atoms with E-state index >= 15 is 0 Å². The first-order chi connectivity index (χ1) is 5.58. The molecule has 0 unspecified atom stereocenters. The van der Waals surface area contributed by atoms with Crippen LogP contribution in [0.25, 0.3) is 0 Å². The summed E-state index contributed by atoms with van der Waals surface area (Å²) in [6.07, 6.45) is 0.746. The van der Waals surface area contributed by atoms with Crippen molar-refractivity contribution in [3.63, 3.8) is 0 Å². The molecule has 0 fully saturated rings. The Balaban J connectivity index is 2.93. The predicted molar refractivity (Wildman–Crippen MR) is 48.4 cm³/mol. The second-order valence-electron chi connectivity index (χ2n) is 3.11. The first-order valence-electron chi connectivity index (χ1n) is 3.83. The third-order valence-electron chi connectivity index (χ3n) is 1.36. The van der Waals surface area contributed by atoms with Gasteiger partial charge in [-0.25, -0.2) is 4.98 Å². The van der Waals surface area contributed by atoms with Crippen LogP contribution in [0.3, 0.4) is 0 Å². The highest BCUT2D eigenvalue weighted by atomic mass is 35.5. The average Bonchev–Trinajstić information content (AvgIpc) is 1.81. The van der Waals surface area contributed by atoms with Crippen LogP contribution < -0.4 is 5.56 Å². The van der Waals surface area contributed by atoms with Crippen molar-refractivity contribution in [2.45, 2.75) is 20.3 Å². The highest BCUT2D eigenvalue weighted by molar-refractivity contribution is 6.29. The molecule has 4 heteroatoms. The van der Waals surface area contributed by atoms with Gasteiger partial charge in [0.1, 0.15) is 11.0 Å². The van der Waals surface area contributed by atoms with E-state index in [1.807, 2.05) is 0 Å². The van der Waals surface area contributed by atoms with E-state index in [0.29, 0.717) is 11.7 Å². The van der Waals surface area contributed by atoms with Crippen molar-refractivity contribution in [2.24, 2.45) is 5.92 Å². The summed E-state index contributed by atoms with van der Waals surface area (Å²) in [6, 6.07) is 1.27. The maximum absolute atomic E-state index is 10.9. The van der Waals surface area contributed by atoms with Gasteiger partial charge in [-0.15, -0.1) is 0 Å². The van der Waals surface area contributed by atoms with Gasteiger partial charge >= 0.3 is 0 Å². The Labute approximate surface area is 75.8 Å². The maximum atomic E-state index is 10.9. The molecule has 12 heavy (non-hydrogen) atoms. The summed E-state index contributed by atoms with van der Waals surface area (Å²) in [5, 5.41) is 0.259. The van der Waals surface area contributed by atoms with Gasteiger partial charge in [-0.3, -0.25) is 4.79 Å². The van der Waals surface area contributed by atoms with Crippen LogP contribution in [0.15, 0.2) is 10.9 Å². The van der Waals surface area contributed by atoms with E-state index in [4.69, 9.17) is 11.6 Å². The smallest absolute Gasteiger partial charge is 0.252 e. The van der Waals surface area contributed by atoms with E-state index in [0.717, 1.165) is 6.42 Å². The van der Waals surface area contributed by atoms with Crippen molar-refractivity contribution >= 4 is 11.6 Å². The molecule has 0 bridgehead atoms. The van der Waals surface area contributed by atoms with Gasteiger partial charge in [0.25, 0.3) is 5.56 Å². The Kier molecular flexibility index (Phi) is 2.87. The molecule has 0 spiro atoms. The van der Waals surface area contributed by atoms with Crippen LogP contribution in [0.2, 0.25) is 5.15 Å². The topological polar surface area (TPSA) is 45.8 Å². The Morgan fingerprint density at radius 1 is 1.67 bits per heavy atom. The van der Waals surface area contributed by atoms with Crippen LogP contribution in [0, 0.1) is 5.92 Å². The highest BCUT2D eigenvalue weighted by Gasteiger charge is 2.01. The van der Waals surface area contributed by atoms with Crippen LogP contribution in [-0.4, -0.2) is 9.97 Å². The number of hydrogen-bond acceptors (Lipinski definition) is 2. The van der Waals surface area contributed by atoms with Gasteiger partial charge in [0.2, 0.25) is 0 Å². The molecular weight excluding hydrogens is 176 g/mol. The molecule has 66 valence electrons. The summed E-state index contributed by atoms with van der Waals surface area (Å²) in [7, 11) is 0. The number of nitrogens with one attached hydrogen (secondary N) is 1. The maximum Gasteiger partial charge on any atom is 0.252 e. The van der Waals surface area contributed by atoms with Gasteiger partial charge in [-0.1, -0.05) is 25.4 Å². The normalized spacial score (nSPS) is 10.7. The molecule has 0 saturated heterocycles. The first kappa shape index (κ1) is 9.26. The molecule has 0 aromatic carbocycles. The molecule has 0 radical (unpaired) electrons. The van der Waals surface area contributed by atoms with E-state index in [9.17, 15) is 4.79 Å². The zero-order chi connectivity index (χ0) is 9.14. The van der Waals surface area contributed by atoms with Gasteiger partial charge < -0.3 is 4.98 Å². The number of hydrogen-bond donors (Lipinski definition) is 1. The molecule has 1 heterocycles. The molecule has 3 nitrogen and oxygen atoms in total. The molecule has 1 N–H and O–H groups in total. The Hall–Kier alpha value is -0.830. The molecule has 0 saturated carbocycles. The van der Waals surface area contributed by atoms with Crippen LogP contribution in [0.1, 0.15) is 19.7 Å². The summed E-state index contributed by atoms with van der Waals surface area (Å²) in [5.41, 5.74) is -0.189. The highest BCUT2D eigenvalue weighted by Crippen LogP contribution is 2.04. The van der Waals surface area contributed by atoms with Gasteiger partial charge in [0.05, 0.1) is 0 Å². The summed E-state index contributed by atoms with van der Waals surface area (Å²) >= 11 is 5.60. The summed E-state index contributed by atoms with van der Waals surface area (Å²) < 4.78 is 0. The van der Waals surface area contributed by atoms with E-state index in [1.54, 1.807) is 0 Å². The molecule has 0 amide bonds. The van der Waals surface area contributed by atoms with Gasteiger partial charge in [-0.2, -0.15) is 0 Å². The average molecular weight is 187 g/mol. The van der Waals surface area contributed by atoms with E-state index in [-0.39, 0.29) is 10.7 Å². The number of aromatic amines is 1. The molecule has 1 aromatic rings. The van der Waals surface area contributed by atoms with E-state index in [2.05, 4.69) is 23.8 Å². The molecule has 1 aromatic heterocycles. The zero-order valence-corrected chi connectivity index (χ0v) is 7.85. The molecular formula is C8H11ClN2O. The molecule has 0 aliphatic carbocycles. The van der Waals surface area contributed by atoms with Crippen molar-refractivity contribution in [2.75, 3.05) is 0 Å². The third kappa shape index (κ3) is 2.66. The van der Waals surface area contributed by atoms with Crippen LogP contribution in [0.5, 0.6) is 0 Å². The number of rotatable bonds is 2. The minimum absolute atomic E-state index is 0.189. The minimum atomic E-state index is -0.189. The van der Waals surface area contributed by atoms with Crippen molar-refractivity contribution < 1.29 is 0 Å². The van der Waals surface area contributed by atoms with Gasteiger partial charge in [0, 0.05) is 12.5 Å². The number of aromatic nitrogens is 2. The second-order valence-corrected chi connectivity index (χ2v) is 3.50. The largest absolute Gasteiger partial charge is 0.310 e. The van der Waals surface area contributed by atoms with Crippen molar-refractivity contribution in [3.05, 3.63) is 27.4 Å². The standard InChI is InChI=1S/C8H11ClN2O/c1-5(2)3-7-10-6(9)4-8(12)11-7/h4-5H,3H2,1-2H3,(H,10,11,12). The number of halogens is 1. The molecule has 0 aliphatic heterocycles. The van der Waals surface area contributed by atoms with Crippen molar-refractivity contribution in [1.82, 2.24) is 9.97 Å². The summed E-state index contributed by atoms with van der Waals surface area (Å²) in [6.45, 7) is 4.11. The molecule has 0 atom stereocenters. The Morgan fingerprint density at radius 2 is 2.33 bits per heavy atom. The molecule has 1 rings (SSSR count). The Morgan fingerprint density at radius 3 is 2.83 bits per heavy atom. The lowest BCUT2D eigenvalue weighted by atomic mass is 10.1. The monoisotopic (exact) mass is 186 g/mol. The fraction of sp³-hybridized carbons (Fsp3) is 0.500. The van der Waals surface area contributed by atoms with E-state index < -0.39 is 0 Å². The van der Waals surface area contributed by atoms with Crippen molar-refractivity contribution in [3.8, 4) is 0 Å². The lowest BCUT2D eigenvalue weighted by Gasteiger charge is -2.02. The Bertz CT molecular complexity index is 319. The van der Waals surface area contributed by atoms with Crippen molar-refractivity contribution in [1.29, 1.82) is 0 Å². The van der Waals surface area contributed by atoms with Gasteiger partial charge in [0.15, 0.2) is 0 Å².